The molecule has 1 saturated heterocycles. The molecule has 1 aliphatic heterocycles. The number of anilines is 1. The van der Waals surface area contributed by atoms with Crippen molar-refractivity contribution >= 4 is 11.6 Å². The summed E-state index contributed by atoms with van der Waals surface area (Å²) in [6, 6.07) is 8.22. The van der Waals surface area contributed by atoms with Crippen LogP contribution in [0.3, 0.4) is 0 Å². The Labute approximate surface area is 108 Å². The van der Waals surface area contributed by atoms with Crippen molar-refractivity contribution < 1.29 is 4.79 Å². The first-order valence-electron chi connectivity index (χ1n) is 6.34. The van der Waals surface area contributed by atoms with E-state index in [1.165, 1.54) is 5.56 Å². The molecule has 2 atom stereocenters. The number of nitrogens with zero attached hydrogens (tertiary/aromatic N) is 2. The molecule has 2 unspecified atom stereocenters. The number of hydrogen-bond donors (Lipinski definition) is 1. The largest absolute Gasteiger partial charge is 0.356 e. The molecular weight excluding hydrogens is 226 g/mol. The van der Waals surface area contributed by atoms with Gasteiger partial charge in [-0.25, -0.2) is 0 Å². The lowest BCUT2D eigenvalue weighted by atomic mass is 10.1. The Bertz CT molecular complexity index is 429. The van der Waals surface area contributed by atoms with E-state index in [9.17, 15) is 4.79 Å². The smallest absolute Gasteiger partial charge is 0.246 e. The summed E-state index contributed by atoms with van der Waals surface area (Å²) in [5.74, 6) is 0.108. The fourth-order valence-electron chi connectivity index (χ4n) is 2.37. The van der Waals surface area contributed by atoms with Crippen molar-refractivity contribution in [1.29, 1.82) is 0 Å². The van der Waals surface area contributed by atoms with Gasteiger partial charge in [-0.1, -0.05) is 17.7 Å². The van der Waals surface area contributed by atoms with Gasteiger partial charge in [0.1, 0.15) is 6.04 Å². The van der Waals surface area contributed by atoms with Gasteiger partial charge < -0.3 is 15.5 Å². The second kappa shape index (κ2) is 4.98. The average Bonchev–Trinajstić information content (AvgIpc) is 2.37. The molecule has 4 heteroatoms. The third-order valence-electron chi connectivity index (χ3n) is 3.72. The lowest BCUT2D eigenvalue weighted by Gasteiger charge is -2.44. The molecule has 1 aliphatic rings. The van der Waals surface area contributed by atoms with Crippen LogP contribution in [-0.4, -0.2) is 43.0 Å². The van der Waals surface area contributed by atoms with E-state index in [0.29, 0.717) is 6.54 Å². The minimum atomic E-state index is -0.242. The van der Waals surface area contributed by atoms with E-state index in [-0.39, 0.29) is 18.0 Å². The number of carbonyl (C=O) groups excluding carboxylic acids is 1. The number of benzene rings is 1. The predicted octanol–water partition coefficient (Wildman–Crippen LogP) is 0.989. The monoisotopic (exact) mass is 247 g/mol. The number of carbonyl (C=O) groups is 1. The van der Waals surface area contributed by atoms with Crippen LogP contribution < -0.4 is 10.6 Å². The molecule has 1 aromatic carbocycles. The Morgan fingerprint density at radius 2 is 1.94 bits per heavy atom. The molecule has 0 saturated carbocycles. The molecule has 2 N–H and O–H groups in total. The Kier molecular flexibility index (Phi) is 3.57. The van der Waals surface area contributed by atoms with E-state index >= 15 is 0 Å². The Hall–Kier alpha value is -1.55. The van der Waals surface area contributed by atoms with Crippen LogP contribution in [0.15, 0.2) is 24.3 Å². The molecule has 0 aromatic heterocycles. The van der Waals surface area contributed by atoms with Crippen LogP contribution in [0.25, 0.3) is 0 Å². The van der Waals surface area contributed by atoms with E-state index in [4.69, 9.17) is 5.73 Å². The van der Waals surface area contributed by atoms with Gasteiger partial charge in [-0.2, -0.15) is 0 Å². The highest BCUT2D eigenvalue weighted by Crippen LogP contribution is 2.23. The lowest BCUT2D eigenvalue weighted by molar-refractivity contribution is -0.134. The van der Waals surface area contributed by atoms with Crippen LogP contribution >= 0.6 is 0 Å². The van der Waals surface area contributed by atoms with Crippen LogP contribution in [0.1, 0.15) is 12.5 Å². The van der Waals surface area contributed by atoms with Crippen molar-refractivity contribution in [1.82, 2.24) is 4.90 Å². The van der Waals surface area contributed by atoms with Crippen LogP contribution in [0, 0.1) is 6.92 Å². The highest BCUT2D eigenvalue weighted by molar-refractivity contribution is 5.87. The molecule has 1 aromatic rings. The third kappa shape index (κ3) is 2.20. The van der Waals surface area contributed by atoms with Crippen molar-refractivity contribution in [3.8, 4) is 0 Å². The molecule has 0 aliphatic carbocycles. The van der Waals surface area contributed by atoms with E-state index < -0.39 is 0 Å². The number of piperazine rings is 1. The number of hydrogen-bond acceptors (Lipinski definition) is 3. The topological polar surface area (TPSA) is 49.6 Å². The number of likely N-dealkylation sites (N-methyl/N-ethyl adjacent to an activating group) is 1. The van der Waals surface area contributed by atoms with Gasteiger partial charge in [-0.15, -0.1) is 0 Å². The van der Waals surface area contributed by atoms with Gasteiger partial charge in [-0.05, 0) is 26.0 Å². The summed E-state index contributed by atoms with van der Waals surface area (Å²) >= 11 is 0. The summed E-state index contributed by atoms with van der Waals surface area (Å²) in [6.07, 6.45) is 0. The zero-order valence-electron chi connectivity index (χ0n) is 11.3. The van der Waals surface area contributed by atoms with E-state index in [1.807, 2.05) is 7.05 Å². The summed E-state index contributed by atoms with van der Waals surface area (Å²) in [6.45, 7) is 5.30. The third-order valence-corrected chi connectivity index (χ3v) is 3.72. The number of nitrogens with two attached hydrogens (primary N) is 1. The fraction of sp³-hybridized carbons (Fsp3) is 0.500. The van der Waals surface area contributed by atoms with Gasteiger partial charge in [0.25, 0.3) is 0 Å². The van der Waals surface area contributed by atoms with Crippen LogP contribution in [-0.2, 0) is 4.79 Å². The standard InChI is InChI=1S/C14H21N3O/c1-10-4-6-12(7-5-10)17-9-11(2)16(3)14(18)13(17)8-15/h4-7,11,13H,8-9,15H2,1-3H3. The van der Waals surface area contributed by atoms with Crippen molar-refractivity contribution in [3.63, 3.8) is 0 Å². The molecule has 2 rings (SSSR count). The first-order valence-corrected chi connectivity index (χ1v) is 6.34. The highest BCUT2D eigenvalue weighted by Gasteiger charge is 2.35. The molecule has 0 bridgehead atoms. The second-order valence-corrected chi connectivity index (χ2v) is 5.04. The van der Waals surface area contributed by atoms with E-state index in [2.05, 4.69) is 43.0 Å². The minimum Gasteiger partial charge on any atom is -0.356 e. The average molecular weight is 247 g/mol. The Balaban J connectivity index is 2.30. The van der Waals surface area contributed by atoms with Crippen LogP contribution in [0.5, 0.6) is 0 Å². The van der Waals surface area contributed by atoms with Crippen LogP contribution in [0.2, 0.25) is 0 Å². The normalized spacial score (nSPS) is 24.6. The van der Waals surface area contributed by atoms with E-state index in [1.54, 1.807) is 4.90 Å². The van der Waals surface area contributed by atoms with Crippen molar-refractivity contribution in [2.75, 3.05) is 25.0 Å². The molecule has 4 nitrogen and oxygen atoms in total. The Morgan fingerprint density at radius 1 is 1.33 bits per heavy atom. The van der Waals surface area contributed by atoms with Crippen molar-refractivity contribution in [3.05, 3.63) is 29.8 Å². The number of rotatable bonds is 2. The molecule has 98 valence electrons. The van der Waals surface area contributed by atoms with Crippen molar-refractivity contribution in [2.24, 2.45) is 5.73 Å². The molecule has 18 heavy (non-hydrogen) atoms. The fourth-order valence-corrected chi connectivity index (χ4v) is 2.37. The summed E-state index contributed by atoms with van der Waals surface area (Å²) in [5, 5.41) is 0. The quantitative estimate of drug-likeness (QED) is 0.848. The van der Waals surface area contributed by atoms with Crippen LogP contribution in [0.4, 0.5) is 5.69 Å². The summed E-state index contributed by atoms with van der Waals surface area (Å²) in [4.78, 5) is 16.1. The second-order valence-electron chi connectivity index (χ2n) is 5.04. The zero-order valence-corrected chi connectivity index (χ0v) is 11.3. The van der Waals surface area contributed by atoms with E-state index in [0.717, 1.165) is 12.2 Å². The summed E-state index contributed by atoms with van der Waals surface area (Å²) < 4.78 is 0. The molecule has 1 amide bonds. The maximum atomic E-state index is 12.2. The zero-order chi connectivity index (χ0) is 13.3. The molecule has 0 radical (unpaired) electrons. The van der Waals surface area contributed by atoms with Gasteiger partial charge >= 0.3 is 0 Å². The first-order chi connectivity index (χ1) is 8.54. The molecular formula is C14H21N3O. The number of amides is 1. The Morgan fingerprint density at radius 3 is 2.50 bits per heavy atom. The number of aryl methyl sites for hydroxylation is 1. The van der Waals surface area contributed by atoms with Gasteiger partial charge in [0.15, 0.2) is 0 Å². The first kappa shape index (κ1) is 12.9. The molecule has 1 fully saturated rings. The van der Waals surface area contributed by atoms with Gasteiger partial charge in [0.05, 0.1) is 0 Å². The minimum absolute atomic E-state index is 0.108. The SMILES string of the molecule is Cc1ccc(N2CC(C)N(C)C(=O)C2CN)cc1. The summed E-state index contributed by atoms with van der Waals surface area (Å²) in [5.41, 5.74) is 8.06. The summed E-state index contributed by atoms with van der Waals surface area (Å²) in [7, 11) is 1.85. The highest BCUT2D eigenvalue weighted by atomic mass is 16.2. The predicted molar refractivity (Wildman–Crippen MR) is 73.6 cm³/mol. The van der Waals surface area contributed by atoms with Crippen molar-refractivity contribution in [2.45, 2.75) is 25.9 Å². The van der Waals surface area contributed by atoms with Gasteiger partial charge in [-0.3, -0.25) is 4.79 Å². The van der Waals surface area contributed by atoms with Gasteiger partial charge in [0.2, 0.25) is 5.91 Å². The van der Waals surface area contributed by atoms with Gasteiger partial charge in [0, 0.05) is 31.9 Å². The maximum absolute atomic E-state index is 12.2. The lowest BCUT2D eigenvalue weighted by Crippen LogP contribution is -2.62. The maximum Gasteiger partial charge on any atom is 0.246 e. The molecule has 1 heterocycles. The molecule has 0 spiro atoms.